The fourth-order valence-electron chi connectivity index (χ4n) is 6.22. The number of esters is 3. The van der Waals surface area contributed by atoms with Crippen molar-refractivity contribution in [2.45, 2.75) is 207 Å². The molecule has 0 rings (SSSR count). The van der Waals surface area contributed by atoms with Gasteiger partial charge in [-0.05, 0) is 89.9 Å². The second-order valence-corrected chi connectivity index (χ2v) is 15.8. The average molecular weight is 845 g/mol. The van der Waals surface area contributed by atoms with Gasteiger partial charge in [-0.1, -0.05) is 201 Å². The van der Waals surface area contributed by atoms with Gasteiger partial charge in [-0.2, -0.15) is 0 Å². The molecule has 6 heteroatoms. The van der Waals surface area contributed by atoms with Crippen LogP contribution in [-0.2, 0) is 28.6 Å². The molecule has 0 saturated carbocycles. The highest BCUT2D eigenvalue weighted by Crippen LogP contribution is 2.12. The van der Waals surface area contributed by atoms with Crippen LogP contribution in [0.4, 0.5) is 0 Å². The van der Waals surface area contributed by atoms with E-state index in [4.69, 9.17) is 14.2 Å². The van der Waals surface area contributed by atoms with Crippen LogP contribution in [0.1, 0.15) is 201 Å². The van der Waals surface area contributed by atoms with Gasteiger partial charge in [0, 0.05) is 19.3 Å². The van der Waals surface area contributed by atoms with E-state index in [0.29, 0.717) is 19.3 Å². The Hall–Kier alpha value is -3.93. The van der Waals surface area contributed by atoms with Crippen LogP contribution >= 0.6 is 0 Å². The van der Waals surface area contributed by atoms with Crippen LogP contribution in [-0.4, -0.2) is 37.2 Å². The number of hydrogen-bond donors (Lipinski definition) is 0. The van der Waals surface area contributed by atoms with Crippen molar-refractivity contribution in [3.05, 3.63) is 109 Å². The summed E-state index contributed by atoms with van der Waals surface area (Å²) in [6.45, 7) is 6.35. The molecule has 0 aliphatic rings. The number of allylic oxidation sites excluding steroid dienone is 18. The predicted molar refractivity (Wildman–Crippen MR) is 260 cm³/mol. The molecule has 0 bridgehead atoms. The van der Waals surface area contributed by atoms with E-state index in [-0.39, 0.29) is 37.5 Å². The minimum absolute atomic E-state index is 0.109. The predicted octanol–water partition coefficient (Wildman–Crippen LogP) is 16.0. The van der Waals surface area contributed by atoms with Crippen molar-refractivity contribution in [1.29, 1.82) is 0 Å². The molecule has 0 amide bonds. The number of hydrogen-bond acceptors (Lipinski definition) is 6. The first-order valence-corrected chi connectivity index (χ1v) is 24.5. The minimum Gasteiger partial charge on any atom is -0.462 e. The van der Waals surface area contributed by atoms with Gasteiger partial charge in [0.15, 0.2) is 6.10 Å². The summed E-state index contributed by atoms with van der Waals surface area (Å²) in [5.41, 5.74) is 0. The van der Waals surface area contributed by atoms with Crippen molar-refractivity contribution in [3.63, 3.8) is 0 Å². The number of unbranched alkanes of at least 4 members (excludes halogenated alkanes) is 19. The van der Waals surface area contributed by atoms with Crippen LogP contribution in [0.2, 0.25) is 0 Å². The molecule has 61 heavy (non-hydrogen) atoms. The summed E-state index contributed by atoms with van der Waals surface area (Å²) < 4.78 is 16.7. The monoisotopic (exact) mass is 845 g/mol. The van der Waals surface area contributed by atoms with Gasteiger partial charge in [0.25, 0.3) is 0 Å². The molecule has 0 aliphatic heterocycles. The van der Waals surface area contributed by atoms with E-state index in [9.17, 15) is 14.4 Å². The standard InChI is InChI=1S/C55H88O6/c1-4-7-10-13-16-19-22-25-26-27-28-29-31-33-36-39-42-45-48-54(57)60-51-52(50-59-53(56)47-44-41-38-35-32-24-21-18-15-12-9-6-3)61-55(58)49-46-43-40-37-34-30-23-20-17-14-11-8-5-2/h8,11,14,16-23,25-30,34,52H,4-7,9-10,12-13,15,24,31-33,35-51H2,1-3H3/b11-8-,17-14-,19-16-,21-18-,23-20-,25-22-,27-26-,29-28-,34-30-. The molecule has 0 aromatic carbocycles. The van der Waals surface area contributed by atoms with E-state index in [1.165, 1.54) is 51.4 Å². The first kappa shape index (κ1) is 57.1. The summed E-state index contributed by atoms with van der Waals surface area (Å²) >= 11 is 0. The van der Waals surface area contributed by atoms with Crippen LogP contribution < -0.4 is 0 Å². The third-order valence-corrected chi connectivity index (χ3v) is 9.92. The summed E-state index contributed by atoms with van der Waals surface area (Å²) in [7, 11) is 0. The van der Waals surface area contributed by atoms with Gasteiger partial charge in [0.1, 0.15) is 13.2 Å². The maximum atomic E-state index is 12.7. The van der Waals surface area contributed by atoms with E-state index in [1.807, 2.05) is 36.5 Å². The Morgan fingerprint density at radius 3 is 1.07 bits per heavy atom. The van der Waals surface area contributed by atoms with Crippen molar-refractivity contribution < 1.29 is 28.6 Å². The van der Waals surface area contributed by atoms with Crippen molar-refractivity contribution in [2.75, 3.05) is 13.2 Å². The highest BCUT2D eigenvalue weighted by atomic mass is 16.6. The summed E-state index contributed by atoms with van der Waals surface area (Å²) in [5.74, 6) is -0.989. The lowest BCUT2D eigenvalue weighted by Gasteiger charge is -2.18. The molecule has 0 fully saturated rings. The van der Waals surface area contributed by atoms with Gasteiger partial charge in [0.2, 0.25) is 0 Å². The summed E-state index contributed by atoms with van der Waals surface area (Å²) in [4.78, 5) is 37.9. The zero-order chi connectivity index (χ0) is 44.4. The van der Waals surface area contributed by atoms with E-state index < -0.39 is 6.10 Å². The second-order valence-electron chi connectivity index (χ2n) is 15.8. The molecule has 0 aromatic heterocycles. The average Bonchev–Trinajstić information content (AvgIpc) is 3.26. The van der Waals surface area contributed by atoms with Gasteiger partial charge in [-0.3, -0.25) is 14.4 Å². The Labute approximate surface area is 374 Å². The molecule has 0 N–H and O–H groups in total. The molecule has 0 saturated heterocycles. The number of carbonyl (C=O) groups excluding carboxylic acids is 3. The highest BCUT2D eigenvalue weighted by molar-refractivity contribution is 5.71. The zero-order valence-corrected chi connectivity index (χ0v) is 39.1. The molecule has 6 nitrogen and oxygen atoms in total. The highest BCUT2D eigenvalue weighted by Gasteiger charge is 2.19. The van der Waals surface area contributed by atoms with Crippen molar-refractivity contribution >= 4 is 17.9 Å². The van der Waals surface area contributed by atoms with Crippen LogP contribution in [0.15, 0.2) is 109 Å². The number of ether oxygens (including phenoxy) is 3. The van der Waals surface area contributed by atoms with E-state index >= 15 is 0 Å². The summed E-state index contributed by atoms with van der Waals surface area (Å²) in [6, 6.07) is 0. The van der Waals surface area contributed by atoms with Crippen molar-refractivity contribution in [1.82, 2.24) is 0 Å². The molecule has 0 aromatic rings. The molecular weight excluding hydrogens is 757 g/mol. The van der Waals surface area contributed by atoms with E-state index in [2.05, 4.69) is 93.7 Å². The van der Waals surface area contributed by atoms with Gasteiger partial charge >= 0.3 is 17.9 Å². The third-order valence-electron chi connectivity index (χ3n) is 9.92. The fourth-order valence-corrected chi connectivity index (χ4v) is 6.22. The van der Waals surface area contributed by atoms with Crippen molar-refractivity contribution in [3.8, 4) is 0 Å². The molecule has 0 aliphatic carbocycles. The molecule has 0 radical (unpaired) electrons. The van der Waals surface area contributed by atoms with Crippen LogP contribution in [0.3, 0.4) is 0 Å². The number of rotatable bonds is 42. The smallest absolute Gasteiger partial charge is 0.306 e. The first-order chi connectivity index (χ1) is 30.0. The van der Waals surface area contributed by atoms with Crippen molar-refractivity contribution in [2.24, 2.45) is 0 Å². The molecule has 0 spiro atoms. The van der Waals surface area contributed by atoms with Gasteiger partial charge in [0.05, 0.1) is 0 Å². The first-order valence-electron chi connectivity index (χ1n) is 24.5. The topological polar surface area (TPSA) is 78.9 Å². The maximum Gasteiger partial charge on any atom is 0.306 e. The molecule has 1 atom stereocenters. The van der Waals surface area contributed by atoms with Crippen LogP contribution in [0.5, 0.6) is 0 Å². The molecule has 0 heterocycles. The Balaban J connectivity index is 4.51. The van der Waals surface area contributed by atoms with Crippen LogP contribution in [0, 0.1) is 0 Å². The third kappa shape index (κ3) is 47.0. The van der Waals surface area contributed by atoms with Crippen LogP contribution in [0.25, 0.3) is 0 Å². The lowest BCUT2D eigenvalue weighted by Crippen LogP contribution is -2.30. The zero-order valence-electron chi connectivity index (χ0n) is 39.1. The Morgan fingerprint density at radius 2 is 0.656 bits per heavy atom. The fraction of sp³-hybridized carbons (Fsp3) is 0.618. The second kappa shape index (κ2) is 48.7. The molecule has 1 unspecified atom stereocenters. The molecule has 344 valence electrons. The Bertz CT molecular complexity index is 1290. The van der Waals surface area contributed by atoms with Gasteiger partial charge in [-0.15, -0.1) is 0 Å². The lowest BCUT2D eigenvalue weighted by atomic mass is 10.1. The summed E-state index contributed by atoms with van der Waals surface area (Å²) in [6.07, 6.45) is 64.9. The lowest BCUT2D eigenvalue weighted by molar-refractivity contribution is -0.167. The quantitative estimate of drug-likeness (QED) is 0.0200. The van der Waals surface area contributed by atoms with Gasteiger partial charge in [-0.25, -0.2) is 0 Å². The van der Waals surface area contributed by atoms with E-state index in [0.717, 1.165) is 103 Å². The van der Waals surface area contributed by atoms with Gasteiger partial charge < -0.3 is 14.2 Å². The summed E-state index contributed by atoms with van der Waals surface area (Å²) in [5, 5.41) is 0. The Kier molecular flexibility index (Phi) is 45.6. The van der Waals surface area contributed by atoms with E-state index in [1.54, 1.807) is 0 Å². The Morgan fingerprint density at radius 1 is 0.344 bits per heavy atom. The normalized spacial score (nSPS) is 13.0. The molecular formula is C55H88O6. The largest absolute Gasteiger partial charge is 0.462 e. The number of carbonyl (C=O) groups is 3. The minimum atomic E-state index is -0.812. The maximum absolute atomic E-state index is 12.7. The SMILES string of the molecule is CC\C=C/C=C\C=C/C=C\CCCCCC(=O)OC(COC(=O)CCCCCCC\C=C/C=C\C=C/C=C\CCCCC)COC(=O)CCCCCCC/C=C\CCCCC.